The molecule has 2 heteroatoms. The van der Waals surface area contributed by atoms with Gasteiger partial charge in [-0.3, -0.25) is 0 Å². The van der Waals surface area contributed by atoms with Crippen molar-refractivity contribution in [1.29, 1.82) is 0 Å². The van der Waals surface area contributed by atoms with Gasteiger partial charge in [0.25, 0.3) is 0 Å². The van der Waals surface area contributed by atoms with E-state index >= 15 is 0 Å². The first-order valence-electron chi connectivity index (χ1n) is 6.71. The number of rotatable bonds is 6. The quantitative estimate of drug-likeness (QED) is 0.778. The molecule has 2 aromatic rings. The Kier molecular flexibility index (Phi) is 3.68. The number of ether oxygens (including phenoxy) is 2. The molecule has 0 aliphatic heterocycles. The molecule has 0 bridgehead atoms. The van der Waals surface area contributed by atoms with Gasteiger partial charge in [-0.05, 0) is 42.5 Å². The zero-order valence-corrected chi connectivity index (χ0v) is 10.8. The SMILES string of the molecule is [c]1ccc(OCc2ccccc2)c(OCC2CC2)c1. The van der Waals surface area contributed by atoms with E-state index in [-0.39, 0.29) is 0 Å². The van der Waals surface area contributed by atoms with Crippen molar-refractivity contribution < 1.29 is 9.47 Å². The van der Waals surface area contributed by atoms with Crippen molar-refractivity contribution >= 4 is 0 Å². The molecule has 0 spiro atoms. The van der Waals surface area contributed by atoms with Crippen LogP contribution in [0.4, 0.5) is 0 Å². The van der Waals surface area contributed by atoms with E-state index in [1.165, 1.54) is 12.8 Å². The molecule has 19 heavy (non-hydrogen) atoms. The maximum absolute atomic E-state index is 5.83. The van der Waals surface area contributed by atoms with Crippen molar-refractivity contribution in [3.05, 3.63) is 60.2 Å². The Morgan fingerprint density at radius 3 is 2.63 bits per heavy atom. The van der Waals surface area contributed by atoms with Crippen LogP contribution in [0.5, 0.6) is 11.5 Å². The third-order valence-corrected chi connectivity index (χ3v) is 3.20. The zero-order chi connectivity index (χ0) is 12.9. The Labute approximate surface area is 114 Å². The summed E-state index contributed by atoms with van der Waals surface area (Å²) in [5.41, 5.74) is 1.16. The van der Waals surface area contributed by atoms with E-state index in [2.05, 4.69) is 18.2 Å². The van der Waals surface area contributed by atoms with Gasteiger partial charge in [-0.1, -0.05) is 36.4 Å². The van der Waals surface area contributed by atoms with E-state index in [0.29, 0.717) is 6.61 Å². The molecular formula is C17H17O2. The van der Waals surface area contributed by atoms with Crippen LogP contribution in [0, 0.1) is 12.0 Å². The van der Waals surface area contributed by atoms with Crippen LogP contribution < -0.4 is 9.47 Å². The van der Waals surface area contributed by atoms with Crippen molar-refractivity contribution in [3.8, 4) is 11.5 Å². The Morgan fingerprint density at radius 2 is 1.84 bits per heavy atom. The Morgan fingerprint density at radius 1 is 1.00 bits per heavy atom. The smallest absolute Gasteiger partial charge is 0.161 e. The van der Waals surface area contributed by atoms with Gasteiger partial charge in [-0.2, -0.15) is 0 Å². The Bertz CT molecular complexity index is 518. The molecule has 0 N–H and O–H groups in total. The van der Waals surface area contributed by atoms with E-state index in [1.54, 1.807) is 0 Å². The maximum Gasteiger partial charge on any atom is 0.161 e. The second-order valence-electron chi connectivity index (χ2n) is 4.90. The fourth-order valence-corrected chi connectivity index (χ4v) is 1.86. The van der Waals surface area contributed by atoms with E-state index in [1.807, 2.05) is 36.4 Å². The highest BCUT2D eigenvalue weighted by Gasteiger charge is 2.22. The van der Waals surface area contributed by atoms with Crippen LogP contribution in [0.25, 0.3) is 0 Å². The minimum atomic E-state index is 0.560. The van der Waals surface area contributed by atoms with Crippen molar-refractivity contribution in [3.63, 3.8) is 0 Å². The lowest BCUT2D eigenvalue weighted by Crippen LogP contribution is -2.02. The number of hydrogen-bond donors (Lipinski definition) is 0. The summed E-state index contributed by atoms with van der Waals surface area (Å²) >= 11 is 0. The molecule has 2 aromatic carbocycles. The molecule has 1 aliphatic rings. The van der Waals surface area contributed by atoms with Crippen LogP contribution in [0.1, 0.15) is 18.4 Å². The van der Waals surface area contributed by atoms with E-state index < -0.39 is 0 Å². The average molecular weight is 253 g/mol. The molecule has 97 valence electrons. The second-order valence-corrected chi connectivity index (χ2v) is 4.90. The molecule has 0 heterocycles. The highest BCUT2D eigenvalue weighted by molar-refractivity contribution is 5.39. The minimum absolute atomic E-state index is 0.560. The molecule has 1 aliphatic carbocycles. The van der Waals surface area contributed by atoms with Gasteiger partial charge in [0.1, 0.15) is 6.61 Å². The van der Waals surface area contributed by atoms with Crippen molar-refractivity contribution in [2.75, 3.05) is 6.61 Å². The van der Waals surface area contributed by atoms with Crippen molar-refractivity contribution in [2.24, 2.45) is 5.92 Å². The first-order chi connectivity index (χ1) is 9.42. The average Bonchev–Trinajstić information content (AvgIpc) is 3.29. The molecule has 2 nitrogen and oxygen atoms in total. The largest absolute Gasteiger partial charge is 0.489 e. The molecule has 0 atom stereocenters. The first kappa shape index (κ1) is 12.1. The molecule has 0 saturated heterocycles. The van der Waals surface area contributed by atoms with Gasteiger partial charge in [-0.15, -0.1) is 0 Å². The van der Waals surface area contributed by atoms with Crippen LogP contribution in [0.15, 0.2) is 48.5 Å². The minimum Gasteiger partial charge on any atom is -0.489 e. The lowest BCUT2D eigenvalue weighted by molar-refractivity contribution is 0.254. The molecule has 0 aromatic heterocycles. The van der Waals surface area contributed by atoms with Gasteiger partial charge in [0.2, 0.25) is 0 Å². The second kappa shape index (κ2) is 5.79. The predicted molar refractivity (Wildman–Crippen MR) is 74.3 cm³/mol. The molecule has 0 unspecified atom stereocenters. The number of hydrogen-bond acceptors (Lipinski definition) is 2. The predicted octanol–water partition coefficient (Wildman–Crippen LogP) is 3.85. The first-order valence-corrected chi connectivity index (χ1v) is 6.71. The molecule has 1 fully saturated rings. The molecule has 1 radical (unpaired) electrons. The van der Waals surface area contributed by atoms with Gasteiger partial charge in [0.05, 0.1) is 6.61 Å². The van der Waals surface area contributed by atoms with Crippen molar-refractivity contribution in [2.45, 2.75) is 19.4 Å². The van der Waals surface area contributed by atoms with Gasteiger partial charge >= 0.3 is 0 Å². The fourth-order valence-electron chi connectivity index (χ4n) is 1.86. The van der Waals surface area contributed by atoms with Crippen LogP contribution in [-0.2, 0) is 6.61 Å². The maximum atomic E-state index is 5.83. The van der Waals surface area contributed by atoms with Gasteiger partial charge < -0.3 is 9.47 Å². The summed E-state index contributed by atoms with van der Waals surface area (Å²) < 4.78 is 11.6. The normalized spacial score (nSPS) is 14.1. The molecule has 3 rings (SSSR count). The standard InChI is InChI=1S/C17H17O2/c1-2-6-14(7-3-1)12-18-16-8-4-5-9-17(16)19-13-15-10-11-15/h1-4,6-9,15H,10-13H2. The van der Waals surface area contributed by atoms with Crippen LogP contribution in [-0.4, -0.2) is 6.61 Å². The third kappa shape index (κ3) is 3.50. The molecular weight excluding hydrogens is 236 g/mol. The van der Waals surface area contributed by atoms with Crippen LogP contribution >= 0.6 is 0 Å². The topological polar surface area (TPSA) is 18.5 Å². The molecule has 1 saturated carbocycles. The van der Waals surface area contributed by atoms with E-state index in [9.17, 15) is 0 Å². The van der Waals surface area contributed by atoms with Crippen LogP contribution in [0.3, 0.4) is 0 Å². The zero-order valence-electron chi connectivity index (χ0n) is 10.8. The summed E-state index contributed by atoms with van der Waals surface area (Å²) in [4.78, 5) is 0. The van der Waals surface area contributed by atoms with Gasteiger partial charge in [0, 0.05) is 0 Å². The summed E-state index contributed by atoms with van der Waals surface area (Å²) in [7, 11) is 0. The summed E-state index contributed by atoms with van der Waals surface area (Å²) in [6.45, 7) is 1.35. The molecule has 0 amide bonds. The Hall–Kier alpha value is -1.96. The lowest BCUT2D eigenvalue weighted by Gasteiger charge is -2.12. The van der Waals surface area contributed by atoms with E-state index in [0.717, 1.165) is 29.6 Å². The monoisotopic (exact) mass is 253 g/mol. The summed E-state index contributed by atoms with van der Waals surface area (Å²) in [5, 5.41) is 0. The van der Waals surface area contributed by atoms with Crippen LogP contribution in [0.2, 0.25) is 0 Å². The van der Waals surface area contributed by atoms with Crippen molar-refractivity contribution in [1.82, 2.24) is 0 Å². The summed E-state index contributed by atoms with van der Waals surface area (Å²) in [6, 6.07) is 18.8. The van der Waals surface area contributed by atoms with E-state index in [4.69, 9.17) is 9.47 Å². The summed E-state index contributed by atoms with van der Waals surface area (Å²) in [6.07, 6.45) is 2.58. The van der Waals surface area contributed by atoms with Gasteiger partial charge in [0.15, 0.2) is 11.5 Å². The third-order valence-electron chi connectivity index (χ3n) is 3.20. The summed E-state index contributed by atoms with van der Waals surface area (Å²) in [5.74, 6) is 2.33. The highest BCUT2D eigenvalue weighted by Crippen LogP contribution is 2.32. The number of benzene rings is 2. The van der Waals surface area contributed by atoms with Gasteiger partial charge in [-0.25, -0.2) is 0 Å². The highest BCUT2D eigenvalue weighted by atomic mass is 16.5. The lowest BCUT2D eigenvalue weighted by atomic mass is 10.2. The Balaban J connectivity index is 1.62. The fraction of sp³-hybridized carbons (Fsp3) is 0.294.